The van der Waals surface area contributed by atoms with Crippen molar-refractivity contribution in [1.29, 1.82) is 0 Å². The molecule has 1 aliphatic heterocycles. The SMILES string of the molecule is CC[C@@H](C(=O)Nc1ccc(N2CCCC2=O)cc1)N(c1ccc(C)c(C)c1)S(C)(=O)=O. The van der Waals surface area contributed by atoms with Crippen LogP contribution in [-0.4, -0.2) is 39.1 Å². The molecule has 8 heteroatoms. The van der Waals surface area contributed by atoms with E-state index in [1.807, 2.05) is 19.9 Å². The molecule has 0 unspecified atom stereocenters. The Hall–Kier alpha value is -2.87. The number of rotatable bonds is 7. The summed E-state index contributed by atoms with van der Waals surface area (Å²) in [6, 6.07) is 11.5. The third kappa shape index (κ3) is 5.07. The number of sulfonamides is 1. The molecule has 2 aromatic rings. The lowest BCUT2D eigenvalue weighted by Crippen LogP contribution is -2.47. The number of amides is 2. The number of anilines is 3. The highest BCUT2D eigenvalue weighted by molar-refractivity contribution is 7.92. The summed E-state index contributed by atoms with van der Waals surface area (Å²) in [5.74, 6) is -0.309. The standard InChI is InChI=1S/C23H29N3O4S/c1-5-21(26(31(4,29)30)20-11-8-16(2)17(3)15-20)23(28)24-18-9-12-19(13-10-18)25-14-6-7-22(25)27/h8-13,15,21H,5-7,14H2,1-4H3,(H,24,28)/t21-/m0/s1. The van der Waals surface area contributed by atoms with Crippen molar-refractivity contribution in [2.24, 2.45) is 0 Å². The van der Waals surface area contributed by atoms with E-state index in [-0.39, 0.29) is 5.91 Å². The lowest BCUT2D eigenvalue weighted by Gasteiger charge is -2.30. The van der Waals surface area contributed by atoms with Crippen molar-refractivity contribution in [3.63, 3.8) is 0 Å². The van der Waals surface area contributed by atoms with Gasteiger partial charge in [-0.25, -0.2) is 8.42 Å². The fourth-order valence-electron chi connectivity index (χ4n) is 3.79. The molecule has 2 aromatic carbocycles. The van der Waals surface area contributed by atoms with Crippen LogP contribution in [0.5, 0.6) is 0 Å². The van der Waals surface area contributed by atoms with Gasteiger partial charge in [0.1, 0.15) is 6.04 Å². The fraction of sp³-hybridized carbons (Fsp3) is 0.391. The van der Waals surface area contributed by atoms with Gasteiger partial charge in [0.05, 0.1) is 11.9 Å². The Morgan fingerprint density at radius 3 is 2.32 bits per heavy atom. The van der Waals surface area contributed by atoms with Crippen LogP contribution >= 0.6 is 0 Å². The number of aryl methyl sites for hydroxylation is 2. The molecular formula is C23H29N3O4S. The van der Waals surface area contributed by atoms with Crippen LogP contribution in [0.3, 0.4) is 0 Å². The molecule has 1 fully saturated rings. The lowest BCUT2D eigenvalue weighted by atomic mass is 10.1. The Morgan fingerprint density at radius 2 is 1.81 bits per heavy atom. The monoisotopic (exact) mass is 443 g/mol. The molecular weight excluding hydrogens is 414 g/mol. The highest BCUT2D eigenvalue weighted by atomic mass is 32.2. The second-order valence-electron chi connectivity index (χ2n) is 7.94. The first-order chi connectivity index (χ1) is 14.6. The molecule has 2 amide bonds. The first kappa shape index (κ1) is 22.8. The van der Waals surface area contributed by atoms with E-state index in [0.29, 0.717) is 30.8 Å². The number of carbonyl (C=O) groups is 2. The van der Waals surface area contributed by atoms with E-state index in [0.717, 1.165) is 29.5 Å². The number of carbonyl (C=O) groups excluding carboxylic acids is 2. The van der Waals surface area contributed by atoms with Crippen LogP contribution in [0.2, 0.25) is 0 Å². The Kier molecular flexibility index (Phi) is 6.69. The van der Waals surface area contributed by atoms with Crippen molar-refractivity contribution in [3.8, 4) is 0 Å². The third-order valence-corrected chi connectivity index (χ3v) is 6.77. The van der Waals surface area contributed by atoms with Gasteiger partial charge >= 0.3 is 0 Å². The summed E-state index contributed by atoms with van der Waals surface area (Å²) in [7, 11) is -3.69. The minimum absolute atomic E-state index is 0.0972. The number of benzene rings is 2. The summed E-state index contributed by atoms with van der Waals surface area (Å²) < 4.78 is 26.4. The van der Waals surface area contributed by atoms with Crippen molar-refractivity contribution in [1.82, 2.24) is 0 Å². The summed E-state index contributed by atoms with van der Waals surface area (Å²) in [5.41, 5.74) is 3.81. The van der Waals surface area contributed by atoms with E-state index in [1.54, 1.807) is 48.2 Å². The van der Waals surface area contributed by atoms with Gasteiger partial charge in [0, 0.05) is 24.3 Å². The fourth-order valence-corrected chi connectivity index (χ4v) is 5.00. The Bertz CT molecular complexity index is 1080. The van der Waals surface area contributed by atoms with Crippen molar-refractivity contribution >= 4 is 38.9 Å². The summed E-state index contributed by atoms with van der Waals surface area (Å²) in [4.78, 5) is 26.7. The van der Waals surface area contributed by atoms with Gasteiger partial charge in [-0.05, 0) is 74.2 Å². The zero-order valence-corrected chi connectivity index (χ0v) is 19.2. The Balaban J connectivity index is 1.83. The predicted octanol–water partition coefficient (Wildman–Crippen LogP) is 3.61. The molecule has 3 rings (SSSR count). The van der Waals surface area contributed by atoms with Crippen LogP contribution in [0.1, 0.15) is 37.3 Å². The maximum absolute atomic E-state index is 13.1. The number of hydrogen-bond acceptors (Lipinski definition) is 4. The van der Waals surface area contributed by atoms with E-state index >= 15 is 0 Å². The van der Waals surface area contributed by atoms with Gasteiger partial charge < -0.3 is 10.2 Å². The van der Waals surface area contributed by atoms with Gasteiger partial charge in [0.2, 0.25) is 21.8 Å². The van der Waals surface area contributed by atoms with Crippen molar-refractivity contribution in [2.45, 2.75) is 46.1 Å². The van der Waals surface area contributed by atoms with Crippen LogP contribution in [0.4, 0.5) is 17.1 Å². The molecule has 0 bridgehead atoms. The highest BCUT2D eigenvalue weighted by Gasteiger charge is 2.32. The number of nitrogens with one attached hydrogen (secondary N) is 1. The molecule has 1 aliphatic rings. The highest BCUT2D eigenvalue weighted by Crippen LogP contribution is 2.27. The smallest absolute Gasteiger partial charge is 0.248 e. The quantitative estimate of drug-likeness (QED) is 0.708. The largest absolute Gasteiger partial charge is 0.324 e. The molecule has 0 spiro atoms. The van der Waals surface area contributed by atoms with Gasteiger partial charge in [0.15, 0.2) is 0 Å². The molecule has 7 nitrogen and oxygen atoms in total. The van der Waals surface area contributed by atoms with E-state index in [2.05, 4.69) is 5.32 Å². The molecule has 0 aromatic heterocycles. The molecule has 1 atom stereocenters. The second-order valence-corrected chi connectivity index (χ2v) is 9.80. The predicted molar refractivity (Wildman–Crippen MR) is 124 cm³/mol. The van der Waals surface area contributed by atoms with E-state index in [1.165, 1.54) is 4.31 Å². The van der Waals surface area contributed by atoms with Gasteiger partial charge in [-0.3, -0.25) is 13.9 Å². The van der Waals surface area contributed by atoms with Crippen molar-refractivity contribution in [3.05, 3.63) is 53.6 Å². The minimum atomic E-state index is -3.69. The van der Waals surface area contributed by atoms with Crippen molar-refractivity contribution in [2.75, 3.05) is 27.3 Å². The summed E-state index contributed by atoms with van der Waals surface area (Å²) in [6.45, 7) is 6.34. The van der Waals surface area contributed by atoms with Gasteiger partial charge in [-0.2, -0.15) is 0 Å². The molecule has 0 aliphatic carbocycles. The van der Waals surface area contributed by atoms with Crippen molar-refractivity contribution < 1.29 is 18.0 Å². The zero-order chi connectivity index (χ0) is 22.8. The molecule has 1 heterocycles. The van der Waals surface area contributed by atoms with Crippen LogP contribution < -0.4 is 14.5 Å². The Morgan fingerprint density at radius 1 is 1.13 bits per heavy atom. The maximum atomic E-state index is 13.1. The topological polar surface area (TPSA) is 86.8 Å². The first-order valence-corrected chi connectivity index (χ1v) is 12.2. The van der Waals surface area contributed by atoms with Crippen LogP contribution in [0.15, 0.2) is 42.5 Å². The normalized spacial score (nSPS) is 15.1. The average molecular weight is 444 g/mol. The third-order valence-electron chi connectivity index (χ3n) is 5.59. The number of hydrogen-bond donors (Lipinski definition) is 1. The molecule has 1 saturated heterocycles. The van der Waals surface area contributed by atoms with E-state index in [9.17, 15) is 18.0 Å². The van der Waals surface area contributed by atoms with Gasteiger partial charge in [-0.15, -0.1) is 0 Å². The summed E-state index contributed by atoms with van der Waals surface area (Å²) >= 11 is 0. The average Bonchev–Trinajstić information content (AvgIpc) is 3.13. The molecule has 0 saturated carbocycles. The van der Waals surface area contributed by atoms with Crippen LogP contribution in [0.25, 0.3) is 0 Å². The Labute approximate surface area is 184 Å². The van der Waals surface area contributed by atoms with Gasteiger partial charge in [-0.1, -0.05) is 13.0 Å². The first-order valence-electron chi connectivity index (χ1n) is 10.4. The molecule has 166 valence electrons. The number of nitrogens with zero attached hydrogens (tertiary/aromatic N) is 2. The van der Waals surface area contributed by atoms with Gasteiger partial charge in [0.25, 0.3) is 0 Å². The molecule has 1 N–H and O–H groups in total. The second kappa shape index (κ2) is 9.09. The van der Waals surface area contributed by atoms with Crippen LogP contribution in [0, 0.1) is 13.8 Å². The zero-order valence-electron chi connectivity index (χ0n) is 18.4. The summed E-state index contributed by atoms with van der Waals surface area (Å²) in [5, 5.41) is 2.82. The van der Waals surface area contributed by atoms with E-state index in [4.69, 9.17) is 0 Å². The van der Waals surface area contributed by atoms with Crippen LogP contribution in [-0.2, 0) is 19.6 Å². The minimum Gasteiger partial charge on any atom is -0.324 e. The lowest BCUT2D eigenvalue weighted by molar-refractivity contribution is -0.118. The molecule has 31 heavy (non-hydrogen) atoms. The maximum Gasteiger partial charge on any atom is 0.248 e. The summed E-state index contributed by atoms with van der Waals surface area (Å²) in [6.07, 6.45) is 2.82. The molecule has 0 radical (unpaired) electrons. The van der Waals surface area contributed by atoms with E-state index < -0.39 is 22.0 Å².